The summed E-state index contributed by atoms with van der Waals surface area (Å²) in [5.74, 6) is 2.33. The average Bonchev–Trinajstić information content (AvgIpc) is 3.20. The summed E-state index contributed by atoms with van der Waals surface area (Å²) >= 11 is 1.94. The second-order valence-corrected chi connectivity index (χ2v) is 9.02. The van der Waals surface area contributed by atoms with Crippen LogP contribution in [0.25, 0.3) is 0 Å². The van der Waals surface area contributed by atoms with Crippen LogP contribution >= 0.6 is 11.8 Å². The molecule has 3 aliphatic rings. The largest absolute Gasteiger partial charge is 0.373 e. The molecule has 4 heterocycles. The highest BCUT2D eigenvalue weighted by molar-refractivity contribution is 8.01. The van der Waals surface area contributed by atoms with Gasteiger partial charge in [-0.25, -0.2) is 0 Å². The molecule has 2 saturated heterocycles. The summed E-state index contributed by atoms with van der Waals surface area (Å²) in [6.07, 6.45) is 7.12. The lowest BCUT2D eigenvalue weighted by molar-refractivity contribution is 0.0251. The molecule has 3 fully saturated rings. The molecule has 1 saturated carbocycles. The van der Waals surface area contributed by atoms with E-state index in [1.54, 1.807) is 12.4 Å². The van der Waals surface area contributed by atoms with Crippen LogP contribution in [0.1, 0.15) is 47.0 Å². The molecule has 0 bridgehead atoms. The molecule has 26 heavy (non-hydrogen) atoms. The number of ether oxygens (including phenoxy) is 1. The van der Waals surface area contributed by atoms with Gasteiger partial charge in [-0.1, -0.05) is 5.16 Å². The molecule has 1 spiro atoms. The number of carbonyl (C=O) groups is 1. The molecule has 1 amide bonds. The first-order valence-corrected chi connectivity index (χ1v) is 10.1. The first-order chi connectivity index (χ1) is 12.7. The van der Waals surface area contributed by atoms with Crippen molar-refractivity contribution in [3.05, 3.63) is 47.6 Å². The number of hydrogen-bond donors (Lipinski definition) is 0. The molecule has 7 heteroatoms. The van der Waals surface area contributed by atoms with Crippen molar-refractivity contribution in [2.24, 2.45) is 0 Å². The highest BCUT2D eigenvalue weighted by Crippen LogP contribution is 2.46. The van der Waals surface area contributed by atoms with E-state index in [4.69, 9.17) is 9.26 Å². The van der Waals surface area contributed by atoms with Gasteiger partial charge in [0.15, 0.2) is 5.69 Å². The Morgan fingerprint density at radius 2 is 2.15 bits per heavy atom. The van der Waals surface area contributed by atoms with Crippen LogP contribution in [0, 0.1) is 0 Å². The molecule has 2 aromatic rings. The fourth-order valence-electron chi connectivity index (χ4n) is 3.73. The normalized spacial score (nSPS) is 24.0. The lowest BCUT2D eigenvalue weighted by Gasteiger charge is -2.47. The number of hydrogen-bond acceptors (Lipinski definition) is 6. The zero-order chi connectivity index (χ0) is 17.6. The van der Waals surface area contributed by atoms with Crippen LogP contribution in [0.3, 0.4) is 0 Å². The highest BCUT2D eigenvalue weighted by atomic mass is 32.2. The van der Waals surface area contributed by atoms with Crippen molar-refractivity contribution in [1.29, 1.82) is 0 Å². The monoisotopic (exact) mass is 371 g/mol. The maximum absolute atomic E-state index is 12.6. The molecule has 5 rings (SSSR count). The van der Waals surface area contributed by atoms with Gasteiger partial charge in [-0.3, -0.25) is 9.78 Å². The van der Waals surface area contributed by atoms with E-state index in [9.17, 15) is 4.79 Å². The smallest absolute Gasteiger partial charge is 0.276 e. The van der Waals surface area contributed by atoms with E-state index in [1.807, 2.05) is 34.9 Å². The Labute approximate surface area is 156 Å². The lowest BCUT2D eigenvalue weighted by atomic mass is 9.92. The van der Waals surface area contributed by atoms with E-state index in [2.05, 4.69) is 10.1 Å². The molecule has 1 atom stereocenters. The second-order valence-electron chi connectivity index (χ2n) is 7.54. The van der Waals surface area contributed by atoms with Crippen LogP contribution < -0.4 is 0 Å². The van der Waals surface area contributed by atoms with Gasteiger partial charge in [0.2, 0.25) is 0 Å². The second kappa shape index (κ2) is 6.39. The van der Waals surface area contributed by atoms with Gasteiger partial charge in [0.25, 0.3) is 5.91 Å². The molecule has 0 aromatic carbocycles. The predicted octanol–water partition coefficient (Wildman–Crippen LogP) is 2.86. The Morgan fingerprint density at radius 1 is 1.35 bits per heavy atom. The quantitative estimate of drug-likeness (QED) is 0.805. The molecule has 6 nitrogen and oxygen atoms in total. The maximum atomic E-state index is 12.6. The van der Waals surface area contributed by atoms with Crippen LogP contribution in [-0.2, 0) is 11.3 Å². The zero-order valence-corrected chi connectivity index (χ0v) is 15.3. The summed E-state index contributed by atoms with van der Waals surface area (Å²) < 4.78 is 11.5. The van der Waals surface area contributed by atoms with Gasteiger partial charge in [-0.05, 0) is 37.0 Å². The summed E-state index contributed by atoms with van der Waals surface area (Å²) in [4.78, 5) is 18.5. The number of aromatic nitrogens is 2. The van der Waals surface area contributed by atoms with Crippen molar-refractivity contribution in [3.8, 4) is 0 Å². The van der Waals surface area contributed by atoms with Crippen LogP contribution in [0.5, 0.6) is 0 Å². The summed E-state index contributed by atoms with van der Waals surface area (Å²) in [6.45, 7) is 2.17. The Kier molecular flexibility index (Phi) is 4.01. The Balaban J connectivity index is 1.13. The first kappa shape index (κ1) is 16.3. The lowest BCUT2D eigenvalue weighted by Crippen LogP contribution is -2.60. The number of carbonyl (C=O) groups excluding carboxylic acids is 1. The molecule has 2 aromatic heterocycles. The number of thioether (sulfide) groups is 1. The van der Waals surface area contributed by atoms with Gasteiger partial charge in [0.05, 0.1) is 17.5 Å². The fourth-order valence-corrected chi connectivity index (χ4v) is 5.28. The SMILES string of the molecule is O=C(c1cc(C2CC2)on1)N1CC2(C[C@H](OCc3ccncc3)CS2)C1. The summed E-state index contributed by atoms with van der Waals surface area (Å²) in [5, 5.41) is 3.97. The average molecular weight is 371 g/mol. The Hall–Kier alpha value is -1.86. The molecular weight excluding hydrogens is 350 g/mol. The van der Waals surface area contributed by atoms with Crippen LogP contribution in [-0.4, -0.2) is 50.6 Å². The van der Waals surface area contributed by atoms with Crippen LogP contribution in [0.4, 0.5) is 0 Å². The van der Waals surface area contributed by atoms with Crippen molar-refractivity contribution >= 4 is 17.7 Å². The van der Waals surface area contributed by atoms with Crippen molar-refractivity contribution in [1.82, 2.24) is 15.0 Å². The van der Waals surface area contributed by atoms with Crippen molar-refractivity contribution in [2.75, 3.05) is 18.8 Å². The number of rotatable bonds is 5. The Bertz CT molecular complexity index is 799. The third-order valence-corrected chi connectivity index (χ3v) is 6.96. The van der Waals surface area contributed by atoms with Crippen molar-refractivity contribution < 1.29 is 14.1 Å². The molecule has 2 aliphatic heterocycles. The van der Waals surface area contributed by atoms with Gasteiger partial charge in [-0.15, -0.1) is 11.8 Å². The summed E-state index contributed by atoms with van der Waals surface area (Å²) in [6, 6.07) is 5.79. The number of likely N-dealkylation sites (tertiary alicyclic amines) is 1. The number of amides is 1. The molecule has 0 unspecified atom stereocenters. The van der Waals surface area contributed by atoms with E-state index in [0.717, 1.165) is 49.4 Å². The predicted molar refractivity (Wildman–Crippen MR) is 97.0 cm³/mol. The van der Waals surface area contributed by atoms with Crippen LogP contribution in [0.2, 0.25) is 0 Å². The number of nitrogens with zero attached hydrogens (tertiary/aromatic N) is 3. The van der Waals surface area contributed by atoms with E-state index in [1.165, 1.54) is 0 Å². The first-order valence-electron chi connectivity index (χ1n) is 9.11. The van der Waals surface area contributed by atoms with E-state index in [0.29, 0.717) is 18.2 Å². The minimum atomic E-state index is -0.00645. The van der Waals surface area contributed by atoms with Crippen molar-refractivity contribution in [2.45, 2.75) is 42.6 Å². The maximum Gasteiger partial charge on any atom is 0.276 e. The standard InChI is InChI=1S/C19H21N3O3S/c23-18(16-7-17(25-21-16)14-1-2-14)22-11-19(12-22)8-15(10-26-19)24-9-13-3-5-20-6-4-13/h3-7,14-15H,1-2,8-12H2/t15-/m0/s1. The third-order valence-electron chi connectivity index (χ3n) is 5.38. The van der Waals surface area contributed by atoms with E-state index < -0.39 is 0 Å². The van der Waals surface area contributed by atoms with Gasteiger partial charge < -0.3 is 14.2 Å². The minimum Gasteiger partial charge on any atom is -0.373 e. The molecule has 0 radical (unpaired) electrons. The highest BCUT2D eigenvalue weighted by Gasteiger charge is 2.51. The van der Waals surface area contributed by atoms with Crippen LogP contribution in [0.15, 0.2) is 35.1 Å². The topological polar surface area (TPSA) is 68.5 Å². The van der Waals surface area contributed by atoms with Gasteiger partial charge >= 0.3 is 0 Å². The van der Waals surface area contributed by atoms with Gasteiger partial charge in [0.1, 0.15) is 5.76 Å². The third kappa shape index (κ3) is 3.14. The fraction of sp³-hybridized carbons (Fsp3) is 0.526. The van der Waals surface area contributed by atoms with Gasteiger partial charge in [-0.2, -0.15) is 0 Å². The molecule has 136 valence electrons. The van der Waals surface area contributed by atoms with E-state index >= 15 is 0 Å². The molecule has 0 N–H and O–H groups in total. The minimum absolute atomic E-state index is 0.00645. The van der Waals surface area contributed by atoms with E-state index in [-0.39, 0.29) is 16.8 Å². The Morgan fingerprint density at radius 3 is 2.92 bits per heavy atom. The van der Waals surface area contributed by atoms with Crippen molar-refractivity contribution in [3.63, 3.8) is 0 Å². The molecule has 1 aliphatic carbocycles. The summed E-state index contributed by atoms with van der Waals surface area (Å²) in [7, 11) is 0. The number of pyridine rings is 1. The molecular formula is C19H21N3O3S. The zero-order valence-electron chi connectivity index (χ0n) is 14.5. The summed E-state index contributed by atoms with van der Waals surface area (Å²) in [5.41, 5.74) is 1.60. The van der Waals surface area contributed by atoms with Gasteiger partial charge in [0, 0.05) is 43.2 Å².